The average Bonchev–Trinajstić information content (AvgIpc) is 2.68. The van der Waals surface area contributed by atoms with E-state index < -0.39 is 0 Å². The number of amides is 1. The second-order valence-electron chi connectivity index (χ2n) is 5.52. The van der Waals surface area contributed by atoms with E-state index in [1.165, 1.54) is 6.20 Å². The Morgan fingerprint density at radius 1 is 0.962 bits per heavy atom. The predicted molar refractivity (Wildman–Crippen MR) is 98.2 cm³/mol. The van der Waals surface area contributed by atoms with Crippen LogP contribution in [0.5, 0.6) is 11.6 Å². The summed E-state index contributed by atoms with van der Waals surface area (Å²) in [6, 6.07) is 18.3. The molecule has 0 spiro atoms. The molecule has 0 radical (unpaired) electrons. The monoisotopic (exact) mass is 342 g/mol. The van der Waals surface area contributed by atoms with Gasteiger partial charge in [0.15, 0.2) is 0 Å². The zero-order valence-corrected chi connectivity index (χ0v) is 13.7. The summed E-state index contributed by atoms with van der Waals surface area (Å²) in [4.78, 5) is 24.9. The molecule has 0 aliphatic heterocycles. The maximum Gasteiger partial charge on any atom is 0.274 e. The van der Waals surface area contributed by atoms with Crippen LogP contribution in [0.2, 0.25) is 0 Å². The number of hydrogen-bond donors (Lipinski definition) is 1. The fourth-order valence-corrected chi connectivity index (χ4v) is 2.48. The molecule has 2 aromatic carbocycles. The average molecular weight is 342 g/mol. The first kappa shape index (κ1) is 15.7. The van der Waals surface area contributed by atoms with Gasteiger partial charge in [0.05, 0.1) is 11.7 Å². The number of anilines is 1. The molecule has 0 atom stereocenters. The Kier molecular flexibility index (Phi) is 4.22. The van der Waals surface area contributed by atoms with Gasteiger partial charge in [-0.25, -0.2) is 9.97 Å². The van der Waals surface area contributed by atoms with Gasteiger partial charge >= 0.3 is 0 Å². The maximum absolute atomic E-state index is 12.5. The molecular formula is C20H14N4O2. The molecule has 2 aromatic heterocycles. The molecular weight excluding hydrogens is 328 g/mol. The van der Waals surface area contributed by atoms with Gasteiger partial charge in [0.25, 0.3) is 5.91 Å². The van der Waals surface area contributed by atoms with Gasteiger partial charge in [0.2, 0.25) is 5.88 Å². The molecule has 6 nitrogen and oxygen atoms in total. The van der Waals surface area contributed by atoms with Crippen LogP contribution in [0, 0.1) is 0 Å². The van der Waals surface area contributed by atoms with Crippen LogP contribution in [-0.4, -0.2) is 20.9 Å². The highest BCUT2D eigenvalue weighted by atomic mass is 16.5. The second kappa shape index (κ2) is 6.98. The number of carbonyl (C=O) groups excluding carboxylic acids is 1. The summed E-state index contributed by atoms with van der Waals surface area (Å²) in [6.07, 6.45) is 4.64. The summed E-state index contributed by atoms with van der Waals surface area (Å²) in [5.74, 6) is 0.648. The van der Waals surface area contributed by atoms with Crippen molar-refractivity contribution >= 4 is 22.5 Å². The molecule has 0 unspecified atom stereocenters. The number of rotatable bonds is 4. The van der Waals surface area contributed by atoms with Crippen molar-refractivity contribution in [3.8, 4) is 11.6 Å². The summed E-state index contributed by atoms with van der Waals surface area (Å²) in [5.41, 5.74) is 1.73. The van der Waals surface area contributed by atoms with E-state index in [0.29, 0.717) is 23.0 Å². The molecule has 6 heteroatoms. The summed E-state index contributed by atoms with van der Waals surface area (Å²) in [6.45, 7) is 0. The predicted octanol–water partition coefficient (Wildman–Crippen LogP) is 4.07. The van der Waals surface area contributed by atoms with Gasteiger partial charge in [0, 0.05) is 29.5 Å². The van der Waals surface area contributed by atoms with E-state index in [0.717, 1.165) is 10.9 Å². The van der Waals surface area contributed by atoms with Crippen LogP contribution in [-0.2, 0) is 0 Å². The van der Waals surface area contributed by atoms with Crippen LogP contribution in [0.4, 0.5) is 5.69 Å². The smallest absolute Gasteiger partial charge is 0.274 e. The molecule has 4 aromatic rings. The topological polar surface area (TPSA) is 77.0 Å². The van der Waals surface area contributed by atoms with E-state index in [2.05, 4.69) is 20.3 Å². The van der Waals surface area contributed by atoms with Crippen LogP contribution in [0.3, 0.4) is 0 Å². The molecule has 0 aliphatic rings. The molecule has 0 bridgehead atoms. The molecule has 0 saturated heterocycles. The van der Waals surface area contributed by atoms with Crippen LogP contribution in [0.15, 0.2) is 79.3 Å². The lowest BCUT2D eigenvalue weighted by molar-refractivity contribution is 0.102. The van der Waals surface area contributed by atoms with Crippen molar-refractivity contribution in [3.63, 3.8) is 0 Å². The van der Waals surface area contributed by atoms with Gasteiger partial charge in [-0.3, -0.25) is 9.78 Å². The lowest BCUT2D eigenvalue weighted by Gasteiger charge is -2.08. The number of para-hydroxylation sites is 1. The number of fused-ring (bicyclic) bond motifs is 1. The third kappa shape index (κ3) is 3.49. The Labute approximate surface area is 149 Å². The Hall–Kier alpha value is -3.80. The number of aromatic nitrogens is 3. The normalized spacial score (nSPS) is 10.5. The summed E-state index contributed by atoms with van der Waals surface area (Å²) in [7, 11) is 0. The third-order valence-corrected chi connectivity index (χ3v) is 3.68. The molecule has 0 fully saturated rings. The van der Waals surface area contributed by atoms with Crippen molar-refractivity contribution in [1.82, 2.24) is 15.0 Å². The first-order valence-electron chi connectivity index (χ1n) is 7.99. The minimum absolute atomic E-state index is 0.285. The maximum atomic E-state index is 12.5. The van der Waals surface area contributed by atoms with Gasteiger partial charge in [-0.05, 0) is 24.3 Å². The summed E-state index contributed by atoms with van der Waals surface area (Å²) in [5, 5.41) is 3.82. The zero-order chi connectivity index (χ0) is 17.8. The third-order valence-electron chi connectivity index (χ3n) is 3.68. The quantitative estimate of drug-likeness (QED) is 0.605. The van der Waals surface area contributed by atoms with Crippen LogP contribution < -0.4 is 10.1 Å². The molecule has 1 N–H and O–H groups in total. The summed E-state index contributed by atoms with van der Waals surface area (Å²) >= 11 is 0. The number of nitrogens with one attached hydrogen (secondary N) is 1. The molecule has 1 amide bonds. The minimum Gasteiger partial charge on any atom is -0.437 e. The van der Waals surface area contributed by atoms with Gasteiger partial charge in [0.1, 0.15) is 11.4 Å². The second-order valence-corrected chi connectivity index (χ2v) is 5.52. The highest BCUT2D eigenvalue weighted by Gasteiger charge is 2.09. The molecule has 2 heterocycles. The van der Waals surface area contributed by atoms with Gasteiger partial charge in [-0.1, -0.05) is 30.3 Å². The van der Waals surface area contributed by atoms with Crippen molar-refractivity contribution < 1.29 is 9.53 Å². The number of pyridine rings is 1. The molecule has 4 rings (SSSR count). The largest absolute Gasteiger partial charge is 0.437 e. The van der Waals surface area contributed by atoms with E-state index in [1.807, 2.05) is 30.3 Å². The van der Waals surface area contributed by atoms with Crippen LogP contribution >= 0.6 is 0 Å². The highest BCUT2D eigenvalue weighted by Crippen LogP contribution is 2.22. The highest BCUT2D eigenvalue weighted by molar-refractivity contribution is 6.04. The van der Waals surface area contributed by atoms with E-state index in [9.17, 15) is 4.79 Å². The number of nitrogens with zero attached hydrogens (tertiary/aromatic N) is 3. The van der Waals surface area contributed by atoms with Crippen molar-refractivity contribution in [2.24, 2.45) is 0 Å². The lowest BCUT2D eigenvalue weighted by Crippen LogP contribution is -2.13. The van der Waals surface area contributed by atoms with Crippen molar-refractivity contribution in [1.29, 1.82) is 0 Å². The number of ether oxygens (including phenoxy) is 1. The Balaban J connectivity index is 1.52. The van der Waals surface area contributed by atoms with Crippen LogP contribution in [0.1, 0.15) is 10.5 Å². The standard InChI is InChI=1S/C20H14N4O2/c25-20(18-9-8-14-4-1-2-7-17(14)24-18)23-15-5-3-6-16(12-15)26-19-13-21-10-11-22-19/h1-13H,(H,23,25). The van der Waals surface area contributed by atoms with E-state index >= 15 is 0 Å². The fourth-order valence-electron chi connectivity index (χ4n) is 2.48. The SMILES string of the molecule is O=C(Nc1cccc(Oc2cnccn2)c1)c1ccc2ccccc2n1. The lowest BCUT2D eigenvalue weighted by atomic mass is 10.2. The van der Waals surface area contributed by atoms with E-state index in [4.69, 9.17) is 4.74 Å². The Morgan fingerprint density at radius 2 is 1.88 bits per heavy atom. The van der Waals surface area contributed by atoms with Gasteiger partial charge in [-0.15, -0.1) is 0 Å². The molecule has 126 valence electrons. The fraction of sp³-hybridized carbons (Fsp3) is 0. The molecule has 0 saturated carbocycles. The first-order chi connectivity index (χ1) is 12.8. The number of benzene rings is 2. The zero-order valence-electron chi connectivity index (χ0n) is 13.7. The molecule has 0 aliphatic carbocycles. The van der Waals surface area contributed by atoms with Gasteiger partial charge < -0.3 is 10.1 Å². The first-order valence-corrected chi connectivity index (χ1v) is 7.99. The van der Waals surface area contributed by atoms with E-state index in [-0.39, 0.29) is 5.91 Å². The van der Waals surface area contributed by atoms with Gasteiger partial charge in [-0.2, -0.15) is 0 Å². The Bertz CT molecular complexity index is 1070. The van der Waals surface area contributed by atoms with Crippen molar-refractivity contribution in [2.75, 3.05) is 5.32 Å². The number of hydrogen-bond acceptors (Lipinski definition) is 5. The Morgan fingerprint density at radius 3 is 2.77 bits per heavy atom. The van der Waals surface area contributed by atoms with Crippen molar-refractivity contribution in [3.05, 3.63) is 84.9 Å². The minimum atomic E-state index is -0.285. The van der Waals surface area contributed by atoms with E-state index in [1.54, 1.807) is 42.7 Å². The van der Waals surface area contributed by atoms with Crippen LogP contribution in [0.25, 0.3) is 10.9 Å². The van der Waals surface area contributed by atoms with Crippen molar-refractivity contribution in [2.45, 2.75) is 0 Å². The molecule has 26 heavy (non-hydrogen) atoms. The number of carbonyl (C=O) groups is 1. The summed E-state index contributed by atoms with van der Waals surface area (Å²) < 4.78 is 5.62.